The highest BCUT2D eigenvalue weighted by Crippen LogP contribution is 2.26. The van der Waals surface area contributed by atoms with Crippen LogP contribution < -0.4 is 16.9 Å². The molecule has 0 radical (unpaired) electrons. The predicted octanol–water partition coefficient (Wildman–Crippen LogP) is 0.748. The number of benzene rings is 1. The molecule has 1 aromatic rings. The molecule has 1 aliphatic heterocycles. The zero-order chi connectivity index (χ0) is 18.9. The van der Waals surface area contributed by atoms with Crippen molar-refractivity contribution in [2.75, 3.05) is 25.4 Å². The number of nitrogens with zero attached hydrogens (tertiary/aromatic N) is 1. The zero-order valence-corrected chi connectivity index (χ0v) is 15.2. The van der Waals surface area contributed by atoms with Gasteiger partial charge in [-0.1, -0.05) is 12.1 Å². The Bertz CT molecular complexity index is 662. The Kier molecular flexibility index (Phi) is 7.76. The molecule has 0 bridgehead atoms. The van der Waals surface area contributed by atoms with Gasteiger partial charge in [0, 0.05) is 29.2 Å². The summed E-state index contributed by atoms with van der Waals surface area (Å²) in [5, 5.41) is 12.3. The molecule has 1 amide bonds. The number of carboxylic acids is 1. The highest BCUT2D eigenvalue weighted by atomic mass is 32.2. The summed E-state index contributed by atoms with van der Waals surface area (Å²) in [7, 11) is 0. The molecule has 9 heteroatoms. The SMILES string of the molecule is N/C(=C\N(N)CC(=O)O)CNC(=O)c1ccccc1SCC1CCCO1. The lowest BCUT2D eigenvalue weighted by Gasteiger charge is -2.14. The highest BCUT2D eigenvalue weighted by Gasteiger charge is 2.18. The molecule has 1 atom stereocenters. The van der Waals surface area contributed by atoms with Gasteiger partial charge in [-0.2, -0.15) is 0 Å². The van der Waals surface area contributed by atoms with Crippen molar-refractivity contribution in [1.82, 2.24) is 10.3 Å². The van der Waals surface area contributed by atoms with Gasteiger partial charge in [-0.15, -0.1) is 11.8 Å². The molecule has 1 aromatic carbocycles. The fraction of sp³-hybridized carbons (Fsp3) is 0.412. The maximum Gasteiger partial charge on any atom is 0.324 e. The van der Waals surface area contributed by atoms with Crippen molar-refractivity contribution in [1.29, 1.82) is 0 Å². The Labute approximate surface area is 156 Å². The number of thioether (sulfide) groups is 1. The second kappa shape index (κ2) is 10.0. The van der Waals surface area contributed by atoms with Crippen LogP contribution >= 0.6 is 11.8 Å². The van der Waals surface area contributed by atoms with E-state index in [1.54, 1.807) is 23.9 Å². The van der Waals surface area contributed by atoms with E-state index in [1.807, 2.05) is 12.1 Å². The summed E-state index contributed by atoms with van der Waals surface area (Å²) in [6.45, 7) is 0.493. The number of nitrogens with one attached hydrogen (secondary N) is 1. The Morgan fingerprint density at radius 2 is 2.19 bits per heavy atom. The number of ether oxygens (including phenoxy) is 1. The number of hydrogen-bond acceptors (Lipinski definition) is 7. The van der Waals surface area contributed by atoms with Gasteiger partial charge in [0.1, 0.15) is 6.54 Å². The van der Waals surface area contributed by atoms with Crippen LogP contribution in [0.25, 0.3) is 0 Å². The van der Waals surface area contributed by atoms with Crippen LogP contribution in [-0.2, 0) is 9.53 Å². The van der Waals surface area contributed by atoms with E-state index in [4.69, 9.17) is 21.4 Å². The van der Waals surface area contributed by atoms with Crippen LogP contribution in [0, 0.1) is 0 Å². The average Bonchev–Trinajstić information content (AvgIpc) is 3.11. The van der Waals surface area contributed by atoms with E-state index in [1.165, 1.54) is 6.20 Å². The molecule has 0 aromatic heterocycles. The molecule has 1 aliphatic rings. The Morgan fingerprint density at radius 3 is 2.88 bits per heavy atom. The van der Waals surface area contributed by atoms with E-state index >= 15 is 0 Å². The van der Waals surface area contributed by atoms with Crippen molar-refractivity contribution >= 4 is 23.6 Å². The Hall–Kier alpha value is -2.23. The summed E-state index contributed by atoms with van der Waals surface area (Å²) in [6, 6.07) is 7.36. The maximum atomic E-state index is 12.5. The molecule has 2 rings (SSSR count). The molecular formula is C17H24N4O4S. The number of carboxylic acid groups (broad SMARTS) is 1. The third-order valence-electron chi connectivity index (χ3n) is 3.68. The van der Waals surface area contributed by atoms with Crippen molar-refractivity contribution in [3.05, 3.63) is 41.7 Å². The zero-order valence-electron chi connectivity index (χ0n) is 14.4. The first-order valence-corrected chi connectivity index (χ1v) is 9.25. The van der Waals surface area contributed by atoms with Crippen LogP contribution in [0.3, 0.4) is 0 Å². The molecule has 1 heterocycles. The molecule has 1 saturated heterocycles. The standard InChI is InChI=1S/C17H24N4O4S/c18-12(9-21(19)10-16(22)23)8-20-17(24)14-5-1-2-6-15(14)26-11-13-4-3-7-25-13/h1-2,5-6,9,13H,3-4,7-8,10-11,18-19H2,(H,20,24)(H,22,23)/b12-9-. The molecule has 8 nitrogen and oxygen atoms in total. The third kappa shape index (κ3) is 6.58. The number of hydrogen-bond donors (Lipinski definition) is 4. The number of hydrazine groups is 1. The summed E-state index contributed by atoms with van der Waals surface area (Å²) in [4.78, 5) is 23.9. The minimum Gasteiger partial charge on any atom is -0.480 e. The molecule has 0 spiro atoms. The van der Waals surface area contributed by atoms with E-state index in [-0.39, 0.29) is 30.8 Å². The number of rotatable bonds is 9. The first-order valence-electron chi connectivity index (χ1n) is 8.26. The third-order valence-corrected chi connectivity index (χ3v) is 4.89. The Balaban J connectivity index is 1.90. The molecule has 1 fully saturated rings. The molecule has 142 valence electrons. The highest BCUT2D eigenvalue weighted by molar-refractivity contribution is 7.99. The van der Waals surface area contributed by atoms with Crippen LogP contribution in [0.1, 0.15) is 23.2 Å². The van der Waals surface area contributed by atoms with Crippen LogP contribution in [-0.4, -0.2) is 53.5 Å². The van der Waals surface area contributed by atoms with Gasteiger partial charge in [0.2, 0.25) is 0 Å². The lowest BCUT2D eigenvalue weighted by molar-refractivity contribution is -0.137. The summed E-state index contributed by atoms with van der Waals surface area (Å²) in [5.74, 6) is 4.97. The fourth-order valence-electron chi connectivity index (χ4n) is 2.48. The van der Waals surface area contributed by atoms with Crippen molar-refractivity contribution in [2.24, 2.45) is 11.6 Å². The molecule has 1 unspecified atom stereocenters. The number of carbonyl (C=O) groups excluding carboxylic acids is 1. The van der Waals surface area contributed by atoms with Crippen molar-refractivity contribution < 1.29 is 19.4 Å². The van der Waals surface area contributed by atoms with Crippen LogP contribution in [0.5, 0.6) is 0 Å². The van der Waals surface area contributed by atoms with Gasteiger partial charge in [-0.05, 0) is 25.0 Å². The van der Waals surface area contributed by atoms with Crippen molar-refractivity contribution in [3.63, 3.8) is 0 Å². The molecule has 26 heavy (non-hydrogen) atoms. The van der Waals surface area contributed by atoms with E-state index in [9.17, 15) is 9.59 Å². The quantitative estimate of drug-likeness (QED) is 0.280. The van der Waals surface area contributed by atoms with E-state index in [0.29, 0.717) is 5.56 Å². The fourth-order valence-corrected chi connectivity index (χ4v) is 3.60. The lowest BCUT2D eigenvalue weighted by atomic mass is 10.2. The summed E-state index contributed by atoms with van der Waals surface area (Å²) in [6.07, 6.45) is 3.65. The smallest absolute Gasteiger partial charge is 0.324 e. The first-order chi connectivity index (χ1) is 12.5. The number of amides is 1. The van der Waals surface area contributed by atoms with Gasteiger partial charge >= 0.3 is 5.97 Å². The minimum absolute atomic E-state index is 0.0664. The largest absolute Gasteiger partial charge is 0.480 e. The van der Waals surface area contributed by atoms with E-state index in [2.05, 4.69) is 5.32 Å². The summed E-state index contributed by atoms with van der Waals surface area (Å²) < 4.78 is 5.61. The number of nitrogens with two attached hydrogens (primary N) is 2. The summed E-state index contributed by atoms with van der Waals surface area (Å²) >= 11 is 1.60. The summed E-state index contributed by atoms with van der Waals surface area (Å²) in [5.41, 5.74) is 6.59. The van der Waals surface area contributed by atoms with Crippen LogP contribution in [0.4, 0.5) is 0 Å². The molecule has 6 N–H and O–H groups in total. The number of aliphatic carboxylic acids is 1. The molecule has 0 aliphatic carbocycles. The van der Waals surface area contributed by atoms with Gasteiger partial charge in [-0.25, -0.2) is 5.84 Å². The number of carbonyl (C=O) groups is 2. The second-order valence-electron chi connectivity index (χ2n) is 5.89. The maximum absolute atomic E-state index is 12.5. The minimum atomic E-state index is -1.07. The predicted molar refractivity (Wildman–Crippen MR) is 99.3 cm³/mol. The molecule has 0 saturated carbocycles. The van der Waals surface area contributed by atoms with E-state index in [0.717, 1.165) is 35.1 Å². The van der Waals surface area contributed by atoms with E-state index < -0.39 is 5.97 Å². The lowest BCUT2D eigenvalue weighted by Crippen LogP contribution is -2.34. The normalized spacial score (nSPS) is 17.1. The van der Waals surface area contributed by atoms with Gasteiger partial charge < -0.3 is 25.9 Å². The second-order valence-corrected chi connectivity index (χ2v) is 6.96. The first kappa shape index (κ1) is 20.1. The van der Waals surface area contributed by atoms with Crippen molar-refractivity contribution in [3.8, 4) is 0 Å². The van der Waals surface area contributed by atoms with Crippen LogP contribution in [0.15, 0.2) is 41.1 Å². The monoisotopic (exact) mass is 380 g/mol. The molecular weight excluding hydrogens is 356 g/mol. The van der Waals surface area contributed by atoms with Gasteiger partial charge in [0.15, 0.2) is 0 Å². The van der Waals surface area contributed by atoms with Crippen LogP contribution in [0.2, 0.25) is 0 Å². The van der Waals surface area contributed by atoms with Crippen molar-refractivity contribution in [2.45, 2.75) is 23.8 Å². The van der Waals surface area contributed by atoms with Gasteiger partial charge in [0.05, 0.1) is 18.2 Å². The van der Waals surface area contributed by atoms with Gasteiger partial charge in [0.25, 0.3) is 5.91 Å². The van der Waals surface area contributed by atoms with Gasteiger partial charge in [-0.3, -0.25) is 9.59 Å². The topological polar surface area (TPSA) is 131 Å². The average molecular weight is 380 g/mol. The Morgan fingerprint density at radius 1 is 1.42 bits per heavy atom.